The van der Waals surface area contributed by atoms with Gasteiger partial charge in [-0.3, -0.25) is 4.79 Å². The summed E-state index contributed by atoms with van der Waals surface area (Å²) in [6.45, 7) is 6.33. The molecule has 6 heteroatoms. The molecule has 114 valence electrons. The number of hydrogen-bond donors (Lipinski definition) is 1. The summed E-state index contributed by atoms with van der Waals surface area (Å²) in [5, 5.41) is 9.23. The van der Waals surface area contributed by atoms with Crippen molar-refractivity contribution in [3.05, 3.63) is 0 Å². The molecule has 1 heterocycles. The maximum Gasteiger partial charge on any atom is 0.320 e. The van der Waals surface area contributed by atoms with Gasteiger partial charge in [-0.1, -0.05) is 0 Å². The number of nitrogens with zero attached hydrogens (tertiary/aromatic N) is 2. The molecule has 2 atom stereocenters. The van der Waals surface area contributed by atoms with Crippen LogP contribution in [0.1, 0.15) is 26.7 Å². The van der Waals surface area contributed by atoms with Crippen LogP contribution >= 0.6 is 0 Å². The number of carbonyl (C=O) groups excluding carboxylic acids is 1. The van der Waals surface area contributed by atoms with Gasteiger partial charge in [0.15, 0.2) is 0 Å². The van der Waals surface area contributed by atoms with E-state index in [9.17, 15) is 14.7 Å². The number of carbonyl (C=O) groups is 2. The van der Waals surface area contributed by atoms with E-state index in [4.69, 9.17) is 4.74 Å². The second-order valence-corrected chi connectivity index (χ2v) is 5.60. The van der Waals surface area contributed by atoms with E-state index in [1.807, 2.05) is 18.7 Å². The lowest BCUT2D eigenvalue weighted by atomic mass is 10.0. The maximum atomic E-state index is 12.6. The van der Waals surface area contributed by atoms with Gasteiger partial charge in [-0.05, 0) is 32.6 Å². The van der Waals surface area contributed by atoms with Crippen molar-refractivity contribution in [3.63, 3.8) is 0 Å². The van der Waals surface area contributed by atoms with Gasteiger partial charge in [-0.2, -0.15) is 0 Å². The lowest BCUT2D eigenvalue weighted by Gasteiger charge is -2.34. The fourth-order valence-electron chi connectivity index (χ4n) is 2.73. The van der Waals surface area contributed by atoms with Gasteiger partial charge in [0.25, 0.3) is 0 Å². The van der Waals surface area contributed by atoms with Crippen molar-refractivity contribution < 1.29 is 19.4 Å². The molecular weight excluding hydrogens is 260 g/mol. The zero-order chi connectivity index (χ0) is 14.7. The van der Waals surface area contributed by atoms with Crippen molar-refractivity contribution >= 4 is 12.0 Å². The molecule has 1 aliphatic heterocycles. The zero-order valence-electron chi connectivity index (χ0n) is 12.2. The minimum atomic E-state index is -0.885. The van der Waals surface area contributed by atoms with Gasteiger partial charge < -0.3 is 19.6 Å². The van der Waals surface area contributed by atoms with Crippen molar-refractivity contribution in [2.24, 2.45) is 11.8 Å². The number of carboxylic acids is 1. The van der Waals surface area contributed by atoms with E-state index in [1.54, 1.807) is 4.90 Å². The van der Waals surface area contributed by atoms with Crippen molar-refractivity contribution in [2.75, 3.05) is 32.8 Å². The predicted molar refractivity (Wildman–Crippen MR) is 73.5 cm³/mol. The topological polar surface area (TPSA) is 70.1 Å². The lowest BCUT2D eigenvalue weighted by Crippen LogP contribution is -2.52. The molecule has 1 saturated carbocycles. The number of likely N-dealkylation sites (N-methyl/N-ethyl adjacent to an activating group) is 1. The lowest BCUT2D eigenvalue weighted by molar-refractivity contribution is -0.142. The normalized spacial score (nSPS) is 25.5. The van der Waals surface area contributed by atoms with E-state index in [-0.39, 0.29) is 18.7 Å². The Kier molecular flexibility index (Phi) is 4.86. The van der Waals surface area contributed by atoms with Crippen LogP contribution in [0.2, 0.25) is 0 Å². The van der Waals surface area contributed by atoms with Gasteiger partial charge in [0.1, 0.15) is 5.92 Å². The largest absolute Gasteiger partial charge is 0.481 e. The zero-order valence-corrected chi connectivity index (χ0v) is 12.2. The Morgan fingerprint density at radius 3 is 2.40 bits per heavy atom. The molecule has 20 heavy (non-hydrogen) atoms. The van der Waals surface area contributed by atoms with Crippen LogP contribution < -0.4 is 0 Å². The highest BCUT2D eigenvalue weighted by Crippen LogP contribution is 2.30. The quantitative estimate of drug-likeness (QED) is 0.797. The standard InChI is InChI=1S/C14H24N2O4/c1-3-15(7-10-5-6-10)14(19)16(4-2)12-9-20-8-11(12)13(17)18/h10-12H,3-9H2,1-2H3,(H,17,18). The summed E-state index contributed by atoms with van der Waals surface area (Å²) >= 11 is 0. The number of ether oxygens (including phenoxy) is 1. The molecule has 1 saturated heterocycles. The smallest absolute Gasteiger partial charge is 0.320 e. The minimum Gasteiger partial charge on any atom is -0.481 e. The van der Waals surface area contributed by atoms with Crippen LogP contribution in [-0.2, 0) is 9.53 Å². The first-order valence-electron chi connectivity index (χ1n) is 7.44. The Hall–Kier alpha value is -1.30. The number of urea groups is 1. The van der Waals surface area contributed by atoms with Crippen molar-refractivity contribution in [3.8, 4) is 0 Å². The Morgan fingerprint density at radius 1 is 1.20 bits per heavy atom. The molecule has 2 fully saturated rings. The Labute approximate surface area is 119 Å². The van der Waals surface area contributed by atoms with E-state index in [2.05, 4.69) is 0 Å². The minimum absolute atomic E-state index is 0.0522. The summed E-state index contributed by atoms with van der Waals surface area (Å²) in [4.78, 5) is 27.4. The third kappa shape index (κ3) is 3.23. The summed E-state index contributed by atoms with van der Waals surface area (Å²) in [5.41, 5.74) is 0. The first-order valence-corrected chi connectivity index (χ1v) is 7.44. The highest BCUT2D eigenvalue weighted by molar-refractivity contribution is 5.77. The summed E-state index contributed by atoms with van der Waals surface area (Å²) < 4.78 is 5.28. The Morgan fingerprint density at radius 2 is 1.90 bits per heavy atom. The third-order valence-corrected chi connectivity index (χ3v) is 4.18. The average Bonchev–Trinajstić information content (AvgIpc) is 3.11. The molecule has 2 aliphatic rings. The first kappa shape index (κ1) is 15.1. The van der Waals surface area contributed by atoms with Crippen LogP contribution in [0.25, 0.3) is 0 Å². The van der Waals surface area contributed by atoms with Gasteiger partial charge in [0.2, 0.25) is 0 Å². The van der Waals surface area contributed by atoms with Crippen LogP contribution in [0.5, 0.6) is 0 Å². The number of hydrogen-bond acceptors (Lipinski definition) is 3. The van der Waals surface area contributed by atoms with E-state index in [0.717, 1.165) is 6.54 Å². The second kappa shape index (κ2) is 6.43. The monoisotopic (exact) mass is 284 g/mol. The predicted octanol–water partition coefficient (Wildman–Crippen LogP) is 1.26. The molecule has 1 N–H and O–H groups in total. The number of carboxylic acid groups (broad SMARTS) is 1. The van der Waals surface area contributed by atoms with Crippen LogP contribution in [0.15, 0.2) is 0 Å². The molecule has 2 amide bonds. The van der Waals surface area contributed by atoms with E-state index < -0.39 is 11.9 Å². The number of rotatable bonds is 6. The molecule has 0 aromatic rings. The van der Waals surface area contributed by atoms with Gasteiger partial charge in [-0.15, -0.1) is 0 Å². The van der Waals surface area contributed by atoms with Crippen LogP contribution in [0.3, 0.4) is 0 Å². The summed E-state index contributed by atoms with van der Waals surface area (Å²) in [5.74, 6) is -0.866. The third-order valence-electron chi connectivity index (χ3n) is 4.18. The maximum absolute atomic E-state index is 12.6. The molecule has 0 spiro atoms. The number of aliphatic carboxylic acids is 1. The first-order chi connectivity index (χ1) is 9.58. The molecule has 6 nitrogen and oxygen atoms in total. The molecule has 1 aliphatic carbocycles. The molecule has 0 radical (unpaired) electrons. The second-order valence-electron chi connectivity index (χ2n) is 5.60. The fourth-order valence-corrected chi connectivity index (χ4v) is 2.73. The van der Waals surface area contributed by atoms with Gasteiger partial charge in [0, 0.05) is 19.6 Å². The van der Waals surface area contributed by atoms with E-state index >= 15 is 0 Å². The Bertz CT molecular complexity index is 370. The SMILES string of the molecule is CCN(CC1CC1)C(=O)N(CC)C1COCC1C(=O)O. The molecule has 0 aromatic carbocycles. The van der Waals surface area contributed by atoms with Crippen molar-refractivity contribution in [1.29, 1.82) is 0 Å². The Balaban J connectivity index is 2.05. The fraction of sp³-hybridized carbons (Fsp3) is 0.857. The highest BCUT2D eigenvalue weighted by atomic mass is 16.5. The van der Waals surface area contributed by atoms with Crippen molar-refractivity contribution in [2.45, 2.75) is 32.7 Å². The van der Waals surface area contributed by atoms with Gasteiger partial charge >= 0.3 is 12.0 Å². The van der Waals surface area contributed by atoms with Crippen LogP contribution in [-0.4, -0.2) is 65.8 Å². The van der Waals surface area contributed by atoms with Crippen molar-refractivity contribution in [1.82, 2.24) is 9.80 Å². The van der Waals surface area contributed by atoms with Crippen LogP contribution in [0.4, 0.5) is 4.79 Å². The van der Waals surface area contributed by atoms with Crippen LogP contribution in [0, 0.1) is 11.8 Å². The average molecular weight is 284 g/mol. The molecule has 2 unspecified atom stereocenters. The molecule has 0 bridgehead atoms. The number of amides is 2. The van der Waals surface area contributed by atoms with E-state index in [0.29, 0.717) is 25.6 Å². The summed E-state index contributed by atoms with van der Waals surface area (Å²) in [7, 11) is 0. The molecule has 2 rings (SSSR count). The van der Waals surface area contributed by atoms with Gasteiger partial charge in [-0.25, -0.2) is 4.79 Å². The van der Waals surface area contributed by atoms with Gasteiger partial charge in [0.05, 0.1) is 19.3 Å². The van der Waals surface area contributed by atoms with E-state index in [1.165, 1.54) is 12.8 Å². The molecular formula is C14H24N2O4. The molecule has 0 aromatic heterocycles. The highest BCUT2D eigenvalue weighted by Gasteiger charge is 2.41. The summed E-state index contributed by atoms with van der Waals surface area (Å²) in [6, 6.07) is -0.401. The summed E-state index contributed by atoms with van der Waals surface area (Å²) in [6.07, 6.45) is 2.39.